The van der Waals surface area contributed by atoms with E-state index >= 15 is 0 Å². The van der Waals surface area contributed by atoms with Crippen molar-refractivity contribution in [3.8, 4) is 11.1 Å². The summed E-state index contributed by atoms with van der Waals surface area (Å²) in [7, 11) is 4.26. The molecule has 10 heteroatoms. The van der Waals surface area contributed by atoms with Crippen LogP contribution in [0.15, 0.2) is 65.9 Å². The summed E-state index contributed by atoms with van der Waals surface area (Å²) >= 11 is 0. The van der Waals surface area contributed by atoms with Crippen LogP contribution in [0.4, 0.5) is 0 Å². The molecule has 1 aromatic carbocycles. The van der Waals surface area contributed by atoms with Gasteiger partial charge in [-0.25, -0.2) is 4.99 Å². The van der Waals surface area contributed by atoms with Gasteiger partial charge in [0.15, 0.2) is 5.96 Å². The molecular weight excluding hydrogens is 526 g/mol. The highest BCUT2D eigenvalue weighted by atomic mass is 16.1. The second-order valence-corrected chi connectivity index (χ2v) is 11.8. The molecule has 1 saturated heterocycles. The van der Waals surface area contributed by atoms with Crippen LogP contribution in [0.2, 0.25) is 0 Å². The average Bonchev–Trinajstić information content (AvgIpc) is 3.02. The van der Waals surface area contributed by atoms with E-state index in [0.717, 1.165) is 62.5 Å². The number of likely N-dealkylation sites (N-methyl/N-ethyl adjacent to an activating group) is 1. The number of carbonyl (C=O) groups excluding carboxylic acids is 1. The molecule has 1 fully saturated rings. The number of nitrogens with one attached hydrogen (secondary N) is 1. The van der Waals surface area contributed by atoms with Crippen LogP contribution in [0.5, 0.6) is 0 Å². The zero-order valence-corrected chi connectivity index (χ0v) is 24.8. The van der Waals surface area contributed by atoms with Gasteiger partial charge in [0, 0.05) is 70.2 Å². The van der Waals surface area contributed by atoms with Crippen LogP contribution in [0.3, 0.4) is 0 Å². The zero-order chi connectivity index (χ0) is 29.2. The third-order valence-electron chi connectivity index (χ3n) is 8.98. The van der Waals surface area contributed by atoms with Crippen LogP contribution in [0, 0.1) is 5.92 Å². The Morgan fingerprint density at radius 3 is 2.50 bits per heavy atom. The number of nitrogens with two attached hydrogens (primary N) is 1. The lowest BCUT2D eigenvalue weighted by molar-refractivity contribution is -0.0144. The quantitative estimate of drug-likeness (QED) is 0.467. The minimum absolute atomic E-state index is 0.0957. The number of carbonyl (C=O) groups is 1. The van der Waals surface area contributed by atoms with Crippen molar-refractivity contribution < 1.29 is 4.79 Å². The molecule has 42 heavy (non-hydrogen) atoms. The maximum Gasteiger partial charge on any atom is 0.270 e. The molecule has 5 heterocycles. The average molecular weight is 568 g/mol. The van der Waals surface area contributed by atoms with Crippen LogP contribution < -0.4 is 11.1 Å². The number of fused-ring (bicyclic) bond motifs is 1. The lowest BCUT2D eigenvalue weighted by Crippen LogP contribution is -2.64. The Balaban J connectivity index is 1.15. The zero-order valence-electron chi connectivity index (χ0n) is 24.8. The van der Waals surface area contributed by atoms with E-state index in [4.69, 9.17) is 10.7 Å². The van der Waals surface area contributed by atoms with Gasteiger partial charge in [-0.05, 0) is 54.4 Å². The van der Waals surface area contributed by atoms with Gasteiger partial charge in [0.1, 0.15) is 11.9 Å². The Morgan fingerprint density at radius 2 is 1.76 bits per heavy atom. The number of piperazine rings is 1. The van der Waals surface area contributed by atoms with Crippen LogP contribution in [-0.2, 0) is 19.5 Å². The number of guanidine groups is 1. The maximum atomic E-state index is 12.6. The molecule has 3 aliphatic rings. The van der Waals surface area contributed by atoms with E-state index in [1.54, 1.807) is 18.5 Å². The van der Waals surface area contributed by atoms with Crippen molar-refractivity contribution in [1.29, 1.82) is 0 Å². The molecule has 6 rings (SSSR count). The molecule has 0 saturated carbocycles. The lowest BCUT2D eigenvalue weighted by atomic mass is 9.92. The third-order valence-corrected chi connectivity index (χ3v) is 8.98. The lowest BCUT2D eigenvalue weighted by Gasteiger charge is -2.50. The van der Waals surface area contributed by atoms with E-state index in [9.17, 15) is 4.79 Å². The van der Waals surface area contributed by atoms with Crippen molar-refractivity contribution in [2.45, 2.75) is 38.8 Å². The highest BCUT2D eigenvalue weighted by Crippen LogP contribution is 2.32. The summed E-state index contributed by atoms with van der Waals surface area (Å²) in [6.45, 7) is 8.69. The van der Waals surface area contributed by atoms with Gasteiger partial charge in [-0.2, -0.15) is 0 Å². The smallest absolute Gasteiger partial charge is 0.270 e. The van der Waals surface area contributed by atoms with Crippen molar-refractivity contribution in [1.82, 2.24) is 34.9 Å². The molecule has 2 aromatic heterocycles. The SMILES string of the molecule is CC1C(N2CCN(C)CC2)N=C(N)N(C)C1N1CCc2ccc(-c3ccc(C(=O)NCc4ccccn4)nc3)cc2C1. The van der Waals surface area contributed by atoms with Crippen LogP contribution >= 0.6 is 0 Å². The normalized spacial score (nSPS) is 23.7. The minimum Gasteiger partial charge on any atom is -0.370 e. The van der Waals surface area contributed by atoms with Crippen molar-refractivity contribution in [3.63, 3.8) is 0 Å². The topological polar surface area (TPSA) is 106 Å². The fourth-order valence-electron chi connectivity index (χ4n) is 6.51. The number of benzene rings is 1. The summed E-state index contributed by atoms with van der Waals surface area (Å²) in [5.41, 5.74) is 12.5. The van der Waals surface area contributed by atoms with Crippen molar-refractivity contribution in [2.24, 2.45) is 16.6 Å². The summed E-state index contributed by atoms with van der Waals surface area (Å²) in [5, 5.41) is 2.89. The first-order chi connectivity index (χ1) is 20.4. The molecular formula is C32H41N9O. The van der Waals surface area contributed by atoms with E-state index in [-0.39, 0.29) is 18.2 Å². The minimum atomic E-state index is -0.211. The van der Waals surface area contributed by atoms with Crippen molar-refractivity contribution in [2.75, 3.05) is 46.8 Å². The standard InChI is InChI=1S/C32H41N9O/c1-22-29(40-16-14-38(2)15-17-40)37-32(33)39(3)31(22)41-13-11-23-7-8-24(18-26(23)21-41)25-9-10-28(35-19-25)30(42)36-20-27-6-4-5-12-34-27/h4-10,12,18-19,22,29,31H,11,13-17,20-21H2,1-3H3,(H2,33,37)(H,36,42). The van der Waals surface area contributed by atoms with E-state index in [0.29, 0.717) is 24.1 Å². The van der Waals surface area contributed by atoms with Gasteiger partial charge >= 0.3 is 0 Å². The van der Waals surface area contributed by atoms with E-state index in [1.807, 2.05) is 24.3 Å². The molecule has 3 unspecified atom stereocenters. The molecule has 3 N–H and O–H groups in total. The number of amides is 1. The molecule has 3 aromatic rings. The monoisotopic (exact) mass is 567 g/mol. The Kier molecular flexibility index (Phi) is 8.19. The van der Waals surface area contributed by atoms with Gasteiger partial charge in [0.2, 0.25) is 0 Å². The van der Waals surface area contributed by atoms with Crippen LogP contribution in [0.25, 0.3) is 11.1 Å². The molecule has 0 radical (unpaired) electrons. The number of rotatable bonds is 6. The fourth-order valence-corrected chi connectivity index (χ4v) is 6.51. The third kappa shape index (κ3) is 5.88. The highest BCUT2D eigenvalue weighted by molar-refractivity contribution is 5.92. The second kappa shape index (κ2) is 12.2. The first-order valence-corrected chi connectivity index (χ1v) is 14.9. The second-order valence-electron chi connectivity index (χ2n) is 11.8. The Bertz CT molecular complexity index is 1420. The van der Waals surface area contributed by atoms with Gasteiger partial charge in [0.05, 0.1) is 18.4 Å². The molecule has 1 amide bonds. The summed E-state index contributed by atoms with van der Waals surface area (Å²) in [4.78, 5) is 35.9. The van der Waals surface area contributed by atoms with Gasteiger partial charge in [-0.1, -0.05) is 31.2 Å². The highest BCUT2D eigenvalue weighted by Gasteiger charge is 2.41. The first-order valence-electron chi connectivity index (χ1n) is 14.9. The van der Waals surface area contributed by atoms with Crippen molar-refractivity contribution in [3.05, 3.63) is 83.4 Å². The molecule has 0 aliphatic carbocycles. The molecule has 3 aliphatic heterocycles. The first kappa shape index (κ1) is 28.3. The fraction of sp³-hybridized carbons (Fsp3) is 0.438. The largest absolute Gasteiger partial charge is 0.370 e. The number of aliphatic imine (C=N–C) groups is 1. The summed E-state index contributed by atoms with van der Waals surface area (Å²) in [6.07, 6.45) is 4.77. The Labute approximate surface area is 248 Å². The van der Waals surface area contributed by atoms with Gasteiger partial charge in [0.25, 0.3) is 5.91 Å². The van der Waals surface area contributed by atoms with E-state index in [1.165, 1.54) is 11.1 Å². The number of hydrogen-bond acceptors (Lipinski definition) is 9. The van der Waals surface area contributed by atoms with Crippen LogP contribution in [-0.4, -0.2) is 101 Å². The van der Waals surface area contributed by atoms with E-state index in [2.05, 4.69) is 74.1 Å². The van der Waals surface area contributed by atoms with Gasteiger partial charge in [-0.15, -0.1) is 0 Å². The number of nitrogens with zero attached hydrogens (tertiary/aromatic N) is 7. The Hall–Kier alpha value is -3.86. The number of pyridine rings is 2. The summed E-state index contributed by atoms with van der Waals surface area (Å²) < 4.78 is 0. The van der Waals surface area contributed by atoms with E-state index < -0.39 is 0 Å². The van der Waals surface area contributed by atoms with Crippen LogP contribution in [0.1, 0.15) is 34.2 Å². The van der Waals surface area contributed by atoms with Crippen molar-refractivity contribution >= 4 is 11.9 Å². The number of aromatic nitrogens is 2. The molecule has 0 spiro atoms. The predicted octanol–water partition coefficient (Wildman–Crippen LogP) is 2.23. The summed E-state index contributed by atoms with van der Waals surface area (Å²) in [6, 6.07) is 16.1. The predicted molar refractivity (Wildman–Crippen MR) is 164 cm³/mol. The van der Waals surface area contributed by atoms with Gasteiger partial charge in [-0.3, -0.25) is 24.6 Å². The maximum absolute atomic E-state index is 12.6. The van der Waals surface area contributed by atoms with Gasteiger partial charge < -0.3 is 20.9 Å². The molecule has 0 bridgehead atoms. The molecule has 3 atom stereocenters. The summed E-state index contributed by atoms with van der Waals surface area (Å²) in [5.74, 6) is 0.726. The molecule has 220 valence electrons. The number of hydrogen-bond donors (Lipinski definition) is 2. The molecule has 10 nitrogen and oxygen atoms in total. The Morgan fingerprint density at radius 1 is 0.952 bits per heavy atom.